The zero-order valence-corrected chi connectivity index (χ0v) is 12.5. The first kappa shape index (κ1) is 14.8. The Balaban J connectivity index is 1.75. The summed E-state index contributed by atoms with van der Waals surface area (Å²) >= 11 is 0. The largest absolute Gasteiger partial charge is 0.390 e. The minimum Gasteiger partial charge on any atom is -0.390 e. The van der Waals surface area contributed by atoms with E-state index in [1.807, 2.05) is 55.5 Å². The quantitative estimate of drug-likeness (QED) is 0.808. The third kappa shape index (κ3) is 2.75. The van der Waals surface area contributed by atoms with Crippen molar-refractivity contribution in [3.05, 3.63) is 70.8 Å². The van der Waals surface area contributed by atoms with Gasteiger partial charge in [-0.05, 0) is 23.6 Å². The van der Waals surface area contributed by atoms with E-state index in [9.17, 15) is 9.90 Å². The number of carbonyl (C=O) groups is 1. The molecule has 0 spiro atoms. The number of aryl methyl sites for hydroxylation is 1. The van der Waals surface area contributed by atoms with Gasteiger partial charge in [-0.3, -0.25) is 4.79 Å². The molecule has 3 atom stereocenters. The zero-order valence-electron chi connectivity index (χ0n) is 12.5. The smallest absolute Gasteiger partial charge is 0.242 e. The van der Waals surface area contributed by atoms with Crippen molar-refractivity contribution in [2.24, 2.45) is 5.73 Å². The van der Waals surface area contributed by atoms with Crippen LogP contribution in [-0.4, -0.2) is 17.1 Å². The molecule has 3 rings (SSSR count). The summed E-state index contributed by atoms with van der Waals surface area (Å²) in [6, 6.07) is 14.2. The number of fused-ring (bicyclic) bond motifs is 1. The van der Waals surface area contributed by atoms with Crippen LogP contribution in [0.4, 0.5) is 0 Å². The number of carbonyl (C=O) groups excluding carboxylic acids is 1. The van der Waals surface area contributed by atoms with E-state index in [2.05, 4.69) is 5.32 Å². The number of amides is 1. The van der Waals surface area contributed by atoms with Crippen molar-refractivity contribution in [1.29, 1.82) is 0 Å². The van der Waals surface area contributed by atoms with Gasteiger partial charge in [0.15, 0.2) is 0 Å². The fourth-order valence-electron chi connectivity index (χ4n) is 2.92. The Labute approximate surface area is 130 Å². The number of benzene rings is 2. The standard InChI is InChI=1S/C18H20N2O2/c1-11-6-8-12(9-7-11)16(19)18(22)20-17-14-5-3-2-4-13(14)10-15(17)21/h2-9,15-17,21H,10,19H2,1H3,(H,20,22)/t15-,16?,17+/m0/s1. The molecule has 0 bridgehead atoms. The maximum absolute atomic E-state index is 12.4. The molecular weight excluding hydrogens is 276 g/mol. The van der Waals surface area contributed by atoms with Gasteiger partial charge in [-0.25, -0.2) is 0 Å². The SMILES string of the molecule is Cc1ccc(C(N)C(=O)N[C@@H]2c3ccccc3C[C@@H]2O)cc1. The number of nitrogens with one attached hydrogen (secondary N) is 1. The van der Waals surface area contributed by atoms with Gasteiger partial charge in [0.05, 0.1) is 12.1 Å². The average Bonchev–Trinajstić information content (AvgIpc) is 2.83. The molecule has 4 N–H and O–H groups in total. The van der Waals surface area contributed by atoms with Gasteiger partial charge >= 0.3 is 0 Å². The molecule has 0 saturated carbocycles. The first-order chi connectivity index (χ1) is 10.6. The molecule has 1 aliphatic rings. The van der Waals surface area contributed by atoms with Crippen LogP contribution in [0.3, 0.4) is 0 Å². The van der Waals surface area contributed by atoms with Crippen LogP contribution >= 0.6 is 0 Å². The van der Waals surface area contributed by atoms with Crippen molar-refractivity contribution in [1.82, 2.24) is 5.32 Å². The van der Waals surface area contributed by atoms with Gasteiger partial charge in [0, 0.05) is 6.42 Å². The fourth-order valence-corrected chi connectivity index (χ4v) is 2.92. The van der Waals surface area contributed by atoms with E-state index >= 15 is 0 Å². The predicted octanol–water partition coefficient (Wildman–Crippen LogP) is 1.77. The summed E-state index contributed by atoms with van der Waals surface area (Å²) < 4.78 is 0. The molecule has 0 aromatic heterocycles. The van der Waals surface area contributed by atoms with Crippen molar-refractivity contribution in [3.8, 4) is 0 Å². The van der Waals surface area contributed by atoms with Crippen LogP contribution in [0.25, 0.3) is 0 Å². The summed E-state index contributed by atoms with van der Waals surface area (Å²) in [5.74, 6) is -0.274. The second-order valence-corrected chi connectivity index (χ2v) is 5.84. The summed E-state index contributed by atoms with van der Waals surface area (Å²) in [5.41, 5.74) is 9.97. The lowest BCUT2D eigenvalue weighted by Crippen LogP contribution is -2.39. The Hall–Kier alpha value is -2.17. The average molecular weight is 296 g/mol. The number of hydrogen-bond donors (Lipinski definition) is 3. The summed E-state index contributed by atoms with van der Waals surface area (Å²) in [4.78, 5) is 12.4. The predicted molar refractivity (Wildman–Crippen MR) is 85.1 cm³/mol. The first-order valence-electron chi connectivity index (χ1n) is 7.44. The zero-order chi connectivity index (χ0) is 15.7. The van der Waals surface area contributed by atoms with Gasteiger partial charge in [0.25, 0.3) is 0 Å². The molecule has 0 heterocycles. The van der Waals surface area contributed by atoms with Crippen LogP contribution in [0.2, 0.25) is 0 Å². The molecule has 4 heteroatoms. The van der Waals surface area contributed by atoms with Crippen molar-refractivity contribution < 1.29 is 9.90 Å². The van der Waals surface area contributed by atoms with Crippen molar-refractivity contribution in [2.45, 2.75) is 31.5 Å². The monoisotopic (exact) mass is 296 g/mol. The first-order valence-corrected chi connectivity index (χ1v) is 7.44. The summed E-state index contributed by atoms with van der Waals surface area (Å²) in [5, 5.41) is 13.1. The molecule has 1 amide bonds. The van der Waals surface area contributed by atoms with Gasteiger partial charge in [-0.1, -0.05) is 54.1 Å². The highest BCUT2D eigenvalue weighted by atomic mass is 16.3. The second-order valence-electron chi connectivity index (χ2n) is 5.84. The summed E-state index contributed by atoms with van der Waals surface area (Å²) in [6.07, 6.45) is -0.0486. The molecule has 4 nitrogen and oxygen atoms in total. The Morgan fingerprint density at radius 2 is 1.91 bits per heavy atom. The molecule has 0 radical (unpaired) electrons. The lowest BCUT2D eigenvalue weighted by molar-refractivity contribution is -0.124. The maximum atomic E-state index is 12.4. The lowest BCUT2D eigenvalue weighted by Gasteiger charge is -2.21. The molecule has 0 saturated heterocycles. The highest BCUT2D eigenvalue weighted by Crippen LogP contribution is 2.31. The van der Waals surface area contributed by atoms with Crippen molar-refractivity contribution in [2.75, 3.05) is 0 Å². The molecular formula is C18H20N2O2. The minimum absolute atomic E-state index is 0.274. The third-order valence-corrected chi connectivity index (χ3v) is 4.22. The van der Waals surface area contributed by atoms with E-state index in [-0.39, 0.29) is 11.9 Å². The molecule has 22 heavy (non-hydrogen) atoms. The molecule has 0 fully saturated rings. The molecule has 0 aliphatic heterocycles. The van der Waals surface area contributed by atoms with Gasteiger partial charge < -0.3 is 16.2 Å². The minimum atomic E-state index is -0.736. The van der Waals surface area contributed by atoms with E-state index in [0.29, 0.717) is 6.42 Å². The van der Waals surface area contributed by atoms with Gasteiger partial charge in [0.1, 0.15) is 6.04 Å². The van der Waals surface area contributed by atoms with E-state index in [1.165, 1.54) is 0 Å². The normalized spacial score (nSPS) is 21.2. The van der Waals surface area contributed by atoms with Crippen LogP contribution in [0.15, 0.2) is 48.5 Å². The van der Waals surface area contributed by atoms with Crippen LogP contribution in [0.5, 0.6) is 0 Å². The van der Waals surface area contributed by atoms with Gasteiger partial charge in [0.2, 0.25) is 5.91 Å². The Morgan fingerprint density at radius 3 is 2.64 bits per heavy atom. The molecule has 2 aromatic carbocycles. The number of aliphatic hydroxyl groups is 1. The summed E-state index contributed by atoms with van der Waals surface area (Å²) in [7, 11) is 0. The van der Waals surface area contributed by atoms with E-state index in [1.54, 1.807) is 0 Å². The molecule has 1 aliphatic carbocycles. The number of rotatable bonds is 3. The molecule has 2 aromatic rings. The van der Waals surface area contributed by atoms with Crippen molar-refractivity contribution in [3.63, 3.8) is 0 Å². The van der Waals surface area contributed by atoms with Crippen LogP contribution in [0.1, 0.15) is 34.3 Å². The van der Waals surface area contributed by atoms with E-state index < -0.39 is 12.1 Å². The number of nitrogens with two attached hydrogens (primary N) is 1. The van der Waals surface area contributed by atoms with E-state index in [4.69, 9.17) is 5.73 Å². The highest BCUT2D eigenvalue weighted by molar-refractivity contribution is 5.83. The van der Waals surface area contributed by atoms with Crippen LogP contribution < -0.4 is 11.1 Å². The maximum Gasteiger partial charge on any atom is 0.242 e. The van der Waals surface area contributed by atoms with Crippen LogP contribution in [0, 0.1) is 6.92 Å². The summed E-state index contributed by atoms with van der Waals surface area (Å²) in [6.45, 7) is 1.99. The van der Waals surface area contributed by atoms with Crippen molar-refractivity contribution >= 4 is 5.91 Å². The van der Waals surface area contributed by atoms with Gasteiger partial charge in [-0.15, -0.1) is 0 Å². The topological polar surface area (TPSA) is 75.4 Å². The molecule has 114 valence electrons. The second kappa shape index (κ2) is 5.91. The number of aliphatic hydroxyl groups excluding tert-OH is 1. The van der Waals surface area contributed by atoms with E-state index in [0.717, 1.165) is 22.3 Å². The molecule has 1 unspecified atom stereocenters. The lowest BCUT2D eigenvalue weighted by atomic mass is 10.0. The van der Waals surface area contributed by atoms with Gasteiger partial charge in [-0.2, -0.15) is 0 Å². The fraction of sp³-hybridized carbons (Fsp3) is 0.278. The Morgan fingerprint density at radius 1 is 1.23 bits per heavy atom. The third-order valence-electron chi connectivity index (χ3n) is 4.22. The Kier molecular flexibility index (Phi) is 3.96. The number of hydrogen-bond acceptors (Lipinski definition) is 3. The highest BCUT2D eigenvalue weighted by Gasteiger charge is 2.33. The van der Waals surface area contributed by atoms with Crippen LogP contribution in [-0.2, 0) is 11.2 Å². The Bertz CT molecular complexity index is 682.